The summed E-state index contributed by atoms with van der Waals surface area (Å²) in [6, 6.07) is 13.2. The zero-order chi connectivity index (χ0) is 17.9. The Kier molecular flexibility index (Phi) is 4.39. The lowest BCUT2D eigenvalue weighted by Gasteiger charge is -2.18. The van der Waals surface area contributed by atoms with Gasteiger partial charge in [0.25, 0.3) is 5.91 Å². The Morgan fingerprint density at radius 1 is 1.15 bits per heavy atom. The average Bonchev–Trinajstić information content (AvgIpc) is 3.16. The number of nitrogens with zero attached hydrogens (tertiary/aromatic N) is 3. The van der Waals surface area contributed by atoms with Crippen molar-refractivity contribution >= 4 is 16.8 Å². The molecule has 0 spiro atoms. The Balaban J connectivity index is 1.45. The summed E-state index contributed by atoms with van der Waals surface area (Å²) >= 11 is 0. The first kappa shape index (κ1) is 16.3. The number of amides is 1. The summed E-state index contributed by atoms with van der Waals surface area (Å²) in [6.45, 7) is 1.21. The fraction of sp³-hybridized carbons (Fsp3) is 0.250. The summed E-state index contributed by atoms with van der Waals surface area (Å²) in [6.07, 6.45) is 4.05. The number of aromatic nitrogens is 2. The Morgan fingerprint density at radius 2 is 2.04 bits per heavy atom. The van der Waals surface area contributed by atoms with E-state index in [2.05, 4.69) is 9.97 Å². The number of hydrogen-bond donors (Lipinski definition) is 0. The topological polar surface area (TPSA) is 64.5 Å². The molecule has 3 aromatic rings. The number of pyridine rings is 2. The van der Waals surface area contributed by atoms with Gasteiger partial charge in [-0.3, -0.25) is 9.78 Å². The summed E-state index contributed by atoms with van der Waals surface area (Å²) < 4.78 is 11.2. The molecule has 0 saturated carbocycles. The quantitative estimate of drug-likeness (QED) is 0.725. The molecule has 2 aromatic heterocycles. The van der Waals surface area contributed by atoms with Gasteiger partial charge in [-0.1, -0.05) is 18.2 Å². The second-order valence-corrected chi connectivity index (χ2v) is 6.20. The van der Waals surface area contributed by atoms with Gasteiger partial charge in [0.05, 0.1) is 19.2 Å². The van der Waals surface area contributed by atoms with E-state index in [-0.39, 0.29) is 12.0 Å². The van der Waals surface area contributed by atoms with E-state index in [0.29, 0.717) is 24.5 Å². The van der Waals surface area contributed by atoms with Gasteiger partial charge in [-0.15, -0.1) is 0 Å². The van der Waals surface area contributed by atoms with Crippen molar-refractivity contribution in [2.75, 3.05) is 20.2 Å². The molecule has 1 fully saturated rings. The highest BCUT2D eigenvalue weighted by Crippen LogP contribution is 2.26. The minimum absolute atomic E-state index is 0.0395. The van der Waals surface area contributed by atoms with Crippen molar-refractivity contribution in [1.29, 1.82) is 0 Å². The molecule has 0 bridgehead atoms. The van der Waals surface area contributed by atoms with E-state index in [1.165, 1.54) is 0 Å². The first-order chi connectivity index (χ1) is 12.7. The molecule has 6 nitrogen and oxygen atoms in total. The van der Waals surface area contributed by atoms with E-state index in [0.717, 1.165) is 23.1 Å². The molecule has 1 aromatic carbocycles. The van der Waals surface area contributed by atoms with Gasteiger partial charge < -0.3 is 14.4 Å². The smallest absolute Gasteiger partial charge is 0.255 e. The number of benzene rings is 1. The van der Waals surface area contributed by atoms with Crippen molar-refractivity contribution in [3.63, 3.8) is 0 Å². The lowest BCUT2D eigenvalue weighted by atomic mass is 10.2. The highest BCUT2D eigenvalue weighted by atomic mass is 16.5. The zero-order valence-electron chi connectivity index (χ0n) is 14.5. The minimum atomic E-state index is -0.0437. The molecular weight excluding hydrogens is 330 g/mol. The largest absolute Gasteiger partial charge is 0.486 e. The summed E-state index contributed by atoms with van der Waals surface area (Å²) in [5.74, 6) is 1.21. The van der Waals surface area contributed by atoms with E-state index in [9.17, 15) is 4.79 Å². The Labute approximate surface area is 151 Å². The molecule has 132 valence electrons. The van der Waals surface area contributed by atoms with Crippen LogP contribution in [0.2, 0.25) is 0 Å². The summed E-state index contributed by atoms with van der Waals surface area (Å²) in [5.41, 5.74) is 1.40. The number of rotatable bonds is 4. The predicted octanol–water partition coefficient (Wildman–Crippen LogP) is 2.93. The van der Waals surface area contributed by atoms with E-state index >= 15 is 0 Å². The van der Waals surface area contributed by atoms with Crippen LogP contribution in [-0.4, -0.2) is 47.1 Å². The SMILES string of the molecule is COc1ccc(C(=O)N2CCC(Oc3cccc4cccnc34)C2)cn1. The van der Waals surface area contributed by atoms with Crippen molar-refractivity contribution in [3.05, 3.63) is 60.4 Å². The molecule has 1 atom stereocenters. The van der Waals surface area contributed by atoms with Gasteiger partial charge in [0, 0.05) is 36.8 Å². The first-order valence-electron chi connectivity index (χ1n) is 8.54. The van der Waals surface area contributed by atoms with E-state index in [1.54, 1.807) is 36.5 Å². The molecule has 0 aliphatic carbocycles. The second-order valence-electron chi connectivity index (χ2n) is 6.20. The van der Waals surface area contributed by atoms with Gasteiger partial charge in [-0.05, 0) is 18.2 Å². The van der Waals surface area contributed by atoms with Gasteiger partial charge in [-0.2, -0.15) is 0 Å². The summed E-state index contributed by atoms with van der Waals surface area (Å²) in [4.78, 5) is 22.9. The number of fused-ring (bicyclic) bond motifs is 1. The maximum absolute atomic E-state index is 12.6. The van der Waals surface area contributed by atoms with Crippen LogP contribution in [0.1, 0.15) is 16.8 Å². The number of methoxy groups -OCH3 is 1. The van der Waals surface area contributed by atoms with Crippen molar-refractivity contribution in [2.24, 2.45) is 0 Å². The van der Waals surface area contributed by atoms with Crippen LogP contribution in [0.4, 0.5) is 0 Å². The van der Waals surface area contributed by atoms with Crippen LogP contribution in [0, 0.1) is 0 Å². The lowest BCUT2D eigenvalue weighted by Crippen LogP contribution is -2.31. The molecular formula is C20H19N3O3. The predicted molar refractivity (Wildman–Crippen MR) is 97.5 cm³/mol. The number of para-hydroxylation sites is 1. The molecule has 1 aliphatic rings. The number of ether oxygens (including phenoxy) is 2. The Morgan fingerprint density at radius 3 is 2.85 bits per heavy atom. The van der Waals surface area contributed by atoms with Crippen LogP contribution in [0.25, 0.3) is 10.9 Å². The van der Waals surface area contributed by atoms with Gasteiger partial charge in [0.2, 0.25) is 5.88 Å². The Hall–Kier alpha value is -3.15. The van der Waals surface area contributed by atoms with Crippen LogP contribution in [0.3, 0.4) is 0 Å². The number of carbonyl (C=O) groups is 1. The molecule has 0 N–H and O–H groups in total. The van der Waals surface area contributed by atoms with Gasteiger partial charge in [-0.25, -0.2) is 4.98 Å². The van der Waals surface area contributed by atoms with Gasteiger partial charge in [0.1, 0.15) is 17.4 Å². The van der Waals surface area contributed by atoms with Crippen LogP contribution in [0.5, 0.6) is 11.6 Å². The number of hydrogen-bond acceptors (Lipinski definition) is 5. The number of likely N-dealkylation sites (tertiary alicyclic amines) is 1. The van der Waals surface area contributed by atoms with E-state index in [4.69, 9.17) is 9.47 Å². The molecule has 1 saturated heterocycles. The molecule has 6 heteroatoms. The lowest BCUT2D eigenvalue weighted by molar-refractivity contribution is 0.0772. The van der Waals surface area contributed by atoms with Crippen LogP contribution in [-0.2, 0) is 0 Å². The molecule has 4 rings (SSSR count). The minimum Gasteiger partial charge on any atom is -0.486 e. The van der Waals surface area contributed by atoms with Gasteiger partial charge >= 0.3 is 0 Å². The third kappa shape index (κ3) is 3.18. The van der Waals surface area contributed by atoms with E-state index < -0.39 is 0 Å². The zero-order valence-corrected chi connectivity index (χ0v) is 14.5. The van der Waals surface area contributed by atoms with Crippen molar-refractivity contribution in [3.8, 4) is 11.6 Å². The fourth-order valence-electron chi connectivity index (χ4n) is 3.17. The first-order valence-corrected chi connectivity index (χ1v) is 8.54. The van der Waals surface area contributed by atoms with E-state index in [1.807, 2.05) is 30.3 Å². The van der Waals surface area contributed by atoms with Gasteiger partial charge in [0.15, 0.2) is 0 Å². The normalized spacial score (nSPS) is 16.7. The monoisotopic (exact) mass is 349 g/mol. The molecule has 1 unspecified atom stereocenters. The molecule has 26 heavy (non-hydrogen) atoms. The molecule has 3 heterocycles. The summed E-state index contributed by atoms with van der Waals surface area (Å²) in [7, 11) is 1.55. The Bertz CT molecular complexity index is 922. The highest BCUT2D eigenvalue weighted by Gasteiger charge is 2.28. The molecule has 0 radical (unpaired) electrons. The number of carbonyl (C=O) groups excluding carboxylic acids is 1. The van der Waals surface area contributed by atoms with Crippen molar-refractivity contribution in [1.82, 2.24) is 14.9 Å². The third-order valence-corrected chi connectivity index (χ3v) is 4.51. The molecule has 1 aliphatic heterocycles. The summed E-state index contributed by atoms with van der Waals surface area (Å²) in [5, 5.41) is 1.04. The maximum Gasteiger partial charge on any atom is 0.255 e. The van der Waals surface area contributed by atoms with Crippen LogP contribution < -0.4 is 9.47 Å². The van der Waals surface area contributed by atoms with Crippen molar-refractivity contribution < 1.29 is 14.3 Å². The standard InChI is InChI=1S/C20H19N3O3/c1-25-18-8-7-15(12-22-18)20(24)23-11-9-16(13-23)26-17-6-2-4-14-5-3-10-21-19(14)17/h2-8,10,12,16H,9,11,13H2,1H3. The highest BCUT2D eigenvalue weighted by molar-refractivity contribution is 5.94. The van der Waals surface area contributed by atoms with Crippen molar-refractivity contribution in [2.45, 2.75) is 12.5 Å². The molecule has 1 amide bonds. The van der Waals surface area contributed by atoms with Crippen LogP contribution >= 0.6 is 0 Å². The third-order valence-electron chi connectivity index (χ3n) is 4.51. The maximum atomic E-state index is 12.6. The van der Waals surface area contributed by atoms with Crippen LogP contribution in [0.15, 0.2) is 54.9 Å². The average molecular weight is 349 g/mol. The second kappa shape index (κ2) is 7.00. The fourth-order valence-corrected chi connectivity index (χ4v) is 3.17.